The van der Waals surface area contributed by atoms with Gasteiger partial charge in [0, 0.05) is 12.3 Å². The highest BCUT2D eigenvalue weighted by Gasteiger charge is 2.32. The molecule has 1 aromatic carbocycles. The zero-order chi connectivity index (χ0) is 14.8. The van der Waals surface area contributed by atoms with E-state index >= 15 is 0 Å². The maximum Gasteiger partial charge on any atom is 0.140 e. The van der Waals surface area contributed by atoms with Gasteiger partial charge in [0.25, 0.3) is 0 Å². The average molecular weight is 276 g/mol. The molecule has 0 aliphatic heterocycles. The Labute approximate surface area is 121 Å². The Hall–Kier alpha value is -1.18. The molecule has 0 unspecified atom stereocenters. The lowest BCUT2D eigenvalue weighted by Gasteiger charge is -2.36. The van der Waals surface area contributed by atoms with Gasteiger partial charge in [-0.05, 0) is 54.7 Å². The number of rotatable bonds is 3. The van der Waals surface area contributed by atoms with Crippen molar-refractivity contribution in [2.75, 3.05) is 0 Å². The van der Waals surface area contributed by atoms with Crippen LogP contribution in [0.3, 0.4) is 0 Å². The van der Waals surface area contributed by atoms with Crippen LogP contribution in [0.1, 0.15) is 52.0 Å². The van der Waals surface area contributed by atoms with Crippen molar-refractivity contribution in [1.29, 1.82) is 0 Å². The number of Topliss-reactive ketones (excluding diaryl/α,β-unsaturated/α-hetero) is 1. The predicted molar refractivity (Wildman–Crippen MR) is 80.0 cm³/mol. The van der Waals surface area contributed by atoms with E-state index in [4.69, 9.17) is 0 Å². The maximum atomic E-state index is 13.1. The summed E-state index contributed by atoms with van der Waals surface area (Å²) in [4.78, 5) is 12.3. The molecule has 1 aromatic rings. The summed E-state index contributed by atoms with van der Waals surface area (Å²) < 4.78 is 13.1. The van der Waals surface area contributed by atoms with Crippen LogP contribution < -0.4 is 0 Å². The molecule has 0 spiro atoms. The fourth-order valence-corrected chi connectivity index (χ4v) is 3.27. The molecule has 0 amide bonds. The first-order chi connectivity index (χ1) is 9.36. The van der Waals surface area contributed by atoms with Crippen LogP contribution >= 0.6 is 0 Å². The Morgan fingerprint density at radius 1 is 1.20 bits per heavy atom. The highest BCUT2D eigenvalue weighted by molar-refractivity contribution is 5.83. The van der Waals surface area contributed by atoms with Gasteiger partial charge in [-0.2, -0.15) is 0 Å². The van der Waals surface area contributed by atoms with Gasteiger partial charge in [-0.3, -0.25) is 4.79 Å². The minimum atomic E-state index is -0.258. The molecule has 1 aliphatic carbocycles. The van der Waals surface area contributed by atoms with Crippen molar-refractivity contribution in [3.63, 3.8) is 0 Å². The van der Waals surface area contributed by atoms with E-state index in [9.17, 15) is 9.18 Å². The van der Waals surface area contributed by atoms with Crippen LogP contribution in [0.4, 0.5) is 4.39 Å². The molecule has 0 heterocycles. The maximum absolute atomic E-state index is 13.1. The highest BCUT2D eigenvalue weighted by Crippen LogP contribution is 2.40. The smallest absolute Gasteiger partial charge is 0.140 e. The van der Waals surface area contributed by atoms with Crippen molar-refractivity contribution in [1.82, 2.24) is 0 Å². The summed E-state index contributed by atoms with van der Waals surface area (Å²) in [5.41, 5.74) is 1.14. The molecule has 2 rings (SSSR count). The van der Waals surface area contributed by atoms with Gasteiger partial charge in [-0.25, -0.2) is 4.39 Å². The van der Waals surface area contributed by atoms with Gasteiger partial charge in [-0.15, -0.1) is 0 Å². The van der Waals surface area contributed by atoms with Crippen LogP contribution in [0, 0.1) is 23.1 Å². The average Bonchev–Trinajstić information content (AvgIpc) is 2.38. The lowest BCUT2D eigenvalue weighted by Crippen LogP contribution is -2.29. The van der Waals surface area contributed by atoms with Crippen LogP contribution in [0.15, 0.2) is 24.3 Å². The van der Waals surface area contributed by atoms with Crippen molar-refractivity contribution >= 4 is 5.78 Å². The van der Waals surface area contributed by atoms with Gasteiger partial charge >= 0.3 is 0 Å². The number of halogens is 1. The van der Waals surface area contributed by atoms with Crippen molar-refractivity contribution in [2.45, 2.75) is 52.9 Å². The van der Waals surface area contributed by atoms with Gasteiger partial charge in [-0.1, -0.05) is 32.9 Å². The summed E-state index contributed by atoms with van der Waals surface area (Å²) in [6.07, 6.45) is 4.65. The minimum absolute atomic E-state index is 0.178. The van der Waals surface area contributed by atoms with Gasteiger partial charge in [0.15, 0.2) is 0 Å². The van der Waals surface area contributed by atoms with E-state index < -0.39 is 0 Å². The van der Waals surface area contributed by atoms with Crippen LogP contribution in [0.5, 0.6) is 0 Å². The summed E-state index contributed by atoms with van der Waals surface area (Å²) in [5.74, 6) is 0.923. The van der Waals surface area contributed by atoms with Crippen molar-refractivity contribution < 1.29 is 9.18 Å². The summed E-state index contributed by atoms with van der Waals surface area (Å²) in [6.45, 7) is 6.85. The molecule has 110 valence electrons. The van der Waals surface area contributed by atoms with Crippen LogP contribution in [0.2, 0.25) is 0 Å². The standard InChI is InChI=1S/C18H25FO/c1-18(2,3)15-9-7-14(8-10-15)17(20)12-13-5-4-6-16(19)11-13/h4-6,11,14-15H,7-10,12H2,1-3H3. The number of carbonyl (C=O) groups is 1. The number of hydrogen-bond donors (Lipinski definition) is 0. The van der Waals surface area contributed by atoms with E-state index in [0.717, 1.165) is 37.2 Å². The molecular formula is C18H25FO. The van der Waals surface area contributed by atoms with Crippen molar-refractivity contribution in [2.24, 2.45) is 17.3 Å². The zero-order valence-electron chi connectivity index (χ0n) is 12.8. The van der Waals surface area contributed by atoms with Gasteiger partial charge in [0.1, 0.15) is 11.6 Å². The van der Waals surface area contributed by atoms with Crippen LogP contribution in [-0.2, 0) is 11.2 Å². The third-order valence-electron chi connectivity index (χ3n) is 4.67. The molecule has 20 heavy (non-hydrogen) atoms. The normalized spacial score (nSPS) is 23.6. The lowest BCUT2D eigenvalue weighted by atomic mass is 9.69. The number of ketones is 1. The van der Waals surface area contributed by atoms with Crippen LogP contribution in [0.25, 0.3) is 0 Å². The van der Waals surface area contributed by atoms with E-state index in [2.05, 4.69) is 20.8 Å². The molecular weight excluding hydrogens is 251 g/mol. The predicted octanol–water partition coefficient (Wildman–Crippen LogP) is 4.79. The molecule has 0 atom stereocenters. The molecule has 0 bridgehead atoms. The molecule has 1 saturated carbocycles. The fourth-order valence-electron chi connectivity index (χ4n) is 3.27. The number of carbonyl (C=O) groups excluding carboxylic acids is 1. The summed E-state index contributed by atoms with van der Waals surface area (Å²) in [7, 11) is 0. The van der Waals surface area contributed by atoms with Gasteiger partial charge < -0.3 is 0 Å². The van der Waals surface area contributed by atoms with Crippen LogP contribution in [-0.4, -0.2) is 5.78 Å². The molecule has 0 aromatic heterocycles. The third-order valence-corrected chi connectivity index (χ3v) is 4.67. The SMILES string of the molecule is CC(C)(C)C1CCC(C(=O)Cc2cccc(F)c2)CC1. The number of benzene rings is 1. The summed E-state index contributed by atoms with van der Waals surface area (Å²) in [5, 5.41) is 0. The summed E-state index contributed by atoms with van der Waals surface area (Å²) >= 11 is 0. The quantitative estimate of drug-likeness (QED) is 0.775. The molecule has 1 aliphatic rings. The lowest BCUT2D eigenvalue weighted by molar-refractivity contribution is -0.123. The zero-order valence-corrected chi connectivity index (χ0v) is 12.8. The second-order valence-corrected chi connectivity index (χ2v) is 7.19. The van der Waals surface area contributed by atoms with Crippen molar-refractivity contribution in [3.05, 3.63) is 35.6 Å². The largest absolute Gasteiger partial charge is 0.299 e. The Bertz CT molecular complexity index is 465. The fraction of sp³-hybridized carbons (Fsp3) is 0.611. The van der Waals surface area contributed by atoms with E-state index in [1.165, 1.54) is 12.1 Å². The minimum Gasteiger partial charge on any atom is -0.299 e. The van der Waals surface area contributed by atoms with Gasteiger partial charge in [0.05, 0.1) is 0 Å². The van der Waals surface area contributed by atoms with E-state index in [-0.39, 0.29) is 17.5 Å². The molecule has 0 saturated heterocycles. The first kappa shape index (κ1) is 15.2. The Kier molecular flexibility index (Phi) is 4.62. The van der Waals surface area contributed by atoms with Gasteiger partial charge in [0.2, 0.25) is 0 Å². The molecule has 2 heteroatoms. The first-order valence-corrected chi connectivity index (χ1v) is 7.63. The Balaban J connectivity index is 1.89. The Morgan fingerprint density at radius 2 is 1.85 bits per heavy atom. The van der Waals surface area contributed by atoms with Crippen molar-refractivity contribution in [3.8, 4) is 0 Å². The molecule has 0 N–H and O–H groups in total. The topological polar surface area (TPSA) is 17.1 Å². The highest BCUT2D eigenvalue weighted by atomic mass is 19.1. The second kappa shape index (κ2) is 6.07. The second-order valence-electron chi connectivity index (χ2n) is 7.19. The van der Waals surface area contributed by atoms with E-state index in [0.29, 0.717) is 11.8 Å². The molecule has 1 nitrogen and oxygen atoms in total. The monoisotopic (exact) mass is 276 g/mol. The summed E-state index contributed by atoms with van der Waals surface area (Å²) in [6, 6.07) is 6.40. The number of hydrogen-bond acceptors (Lipinski definition) is 1. The third kappa shape index (κ3) is 3.91. The van der Waals surface area contributed by atoms with E-state index in [1.807, 2.05) is 6.07 Å². The molecule has 1 fully saturated rings. The van der Waals surface area contributed by atoms with E-state index in [1.54, 1.807) is 6.07 Å². The molecule has 0 radical (unpaired) electrons. The Morgan fingerprint density at radius 3 is 2.40 bits per heavy atom. The first-order valence-electron chi connectivity index (χ1n) is 7.63.